The second-order valence-electron chi connectivity index (χ2n) is 6.28. The van der Waals surface area contributed by atoms with Crippen molar-refractivity contribution in [2.75, 3.05) is 17.4 Å². The van der Waals surface area contributed by atoms with E-state index in [4.69, 9.17) is 9.47 Å². The summed E-state index contributed by atoms with van der Waals surface area (Å²) in [6, 6.07) is 17.1. The normalized spacial score (nSPS) is 11.9. The number of aromatic nitrogens is 1. The summed E-state index contributed by atoms with van der Waals surface area (Å²) in [6.45, 7) is 2.24. The number of carbonyl (C=O) groups is 1. The lowest BCUT2D eigenvalue weighted by Gasteiger charge is -2.09. The van der Waals surface area contributed by atoms with Gasteiger partial charge in [-0.2, -0.15) is 0 Å². The highest BCUT2D eigenvalue weighted by Crippen LogP contribution is 2.35. The third-order valence-electron chi connectivity index (χ3n) is 4.30. The van der Waals surface area contributed by atoms with Crippen LogP contribution in [0.3, 0.4) is 0 Å². The number of amides is 1. The molecule has 0 atom stereocenters. The fourth-order valence-electron chi connectivity index (χ4n) is 2.85. The molecule has 0 aliphatic carbocycles. The molecule has 0 radical (unpaired) electrons. The topological polar surface area (TPSA) is 72.5 Å². The van der Waals surface area contributed by atoms with Gasteiger partial charge in [0, 0.05) is 11.8 Å². The van der Waals surface area contributed by atoms with Gasteiger partial charge in [0.05, 0.1) is 18.3 Å². The standard InChI is InChI=1S/C21H19N3O3/c1-14-4-2-3-5-15(14)10-21(25)24-20-9-7-17(12-22-20)23-16-6-8-18-19(11-16)27-13-26-18/h2-9,11-12,23H,10,13H2,1H3,(H,22,24,25). The van der Waals surface area contributed by atoms with Crippen molar-refractivity contribution in [3.63, 3.8) is 0 Å². The van der Waals surface area contributed by atoms with E-state index < -0.39 is 0 Å². The molecule has 0 fully saturated rings. The van der Waals surface area contributed by atoms with E-state index in [0.717, 1.165) is 28.3 Å². The molecule has 1 aromatic heterocycles. The summed E-state index contributed by atoms with van der Waals surface area (Å²) in [4.78, 5) is 16.5. The number of hydrogen-bond donors (Lipinski definition) is 2. The number of ether oxygens (including phenoxy) is 2. The summed E-state index contributed by atoms with van der Waals surface area (Å²) in [5.74, 6) is 1.89. The number of aryl methyl sites for hydroxylation is 1. The van der Waals surface area contributed by atoms with Crippen molar-refractivity contribution in [2.45, 2.75) is 13.3 Å². The SMILES string of the molecule is Cc1ccccc1CC(=O)Nc1ccc(Nc2ccc3c(c2)OCO3)cn1. The predicted octanol–water partition coefficient (Wildman–Crippen LogP) is 4.04. The molecule has 2 heterocycles. The molecule has 0 spiro atoms. The van der Waals surface area contributed by atoms with E-state index >= 15 is 0 Å². The molecule has 0 saturated heterocycles. The molecular weight excluding hydrogens is 342 g/mol. The molecule has 2 N–H and O–H groups in total. The summed E-state index contributed by atoms with van der Waals surface area (Å²) >= 11 is 0. The highest BCUT2D eigenvalue weighted by molar-refractivity contribution is 5.91. The number of fused-ring (bicyclic) bond motifs is 1. The molecule has 0 saturated carbocycles. The molecule has 0 bridgehead atoms. The fraction of sp³-hybridized carbons (Fsp3) is 0.143. The Balaban J connectivity index is 1.37. The quantitative estimate of drug-likeness (QED) is 0.717. The largest absolute Gasteiger partial charge is 0.454 e. The molecule has 27 heavy (non-hydrogen) atoms. The van der Waals surface area contributed by atoms with Gasteiger partial charge in [-0.05, 0) is 42.3 Å². The van der Waals surface area contributed by atoms with Crippen LogP contribution in [0, 0.1) is 6.92 Å². The smallest absolute Gasteiger partial charge is 0.231 e. The molecule has 4 rings (SSSR count). The van der Waals surface area contributed by atoms with Crippen LogP contribution >= 0.6 is 0 Å². The van der Waals surface area contributed by atoms with Crippen molar-refractivity contribution >= 4 is 23.1 Å². The Kier molecular flexibility index (Phi) is 4.61. The molecule has 1 aliphatic rings. The van der Waals surface area contributed by atoms with Crippen LogP contribution in [-0.2, 0) is 11.2 Å². The average Bonchev–Trinajstić information content (AvgIpc) is 3.13. The average molecular weight is 361 g/mol. The molecule has 6 heteroatoms. The summed E-state index contributed by atoms with van der Waals surface area (Å²) in [5.41, 5.74) is 3.79. The minimum Gasteiger partial charge on any atom is -0.454 e. The van der Waals surface area contributed by atoms with Crippen LogP contribution in [-0.4, -0.2) is 17.7 Å². The Hall–Kier alpha value is -3.54. The van der Waals surface area contributed by atoms with Crippen molar-refractivity contribution in [3.8, 4) is 11.5 Å². The molecular formula is C21H19N3O3. The van der Waals surface area contributed by atoms with Gasteiger partial charge in [-0.3, -0.25) is 4.79 Å². The fourth-order valence-corrected chi connectivity index (χ4v) is 2.85. The lowest BCUT2D eigenvalue weighted by molar-refractivity contribution is -0.115. The van der Waals surface area contributed by atoms with Gasteiger partial charge in [0.2, 0.25) is 12.7 Å². The molecule has 1 aliphatic heterocycles. The molecule has 1 amide bonds. The second kappa shape index (κ2) is 7.37. The maximum absolute atomic E-state index is 12.2. The highest BCUT2D eigenvalue weighted by atomic mass is 16.7. The van der Waals surface area contributed by atoms with Gasteiger partial charge < -0.3 is 20.1 Å². The summed E-state index contributed by atoms with van der Waals surface area (Å²) in [7, 11) is 0. The number of anilines is 3. The molecule has 6 nitrogen and oxygen atoms in total. The first-order valence-electron chi connectivity index (χ1n) is 8.64. The summed E-state index contributed by atoms with van der Waals surface area (Å²) in [6.07, 6.45) is 2.00. The lowest BCUT2D eigenvalue weighted by atomic mass is 10.1. The third-order valence-corrected chi connectivity index (χ3v) is 4.30. The van der Waals surface area contributed by atoms with E-state index in [2.05, 4.69) is 15.6 Å². The van der Waals surface area contributed by atoms with Crippen LogP contribution in [0.25, 0.3) is 0 Å². The van der Waals surface area contributed by atoms with Crippen molar-refractivity contribution < 1.29 is 14.3 Å². The van der Waals surface area contributed by atoms with Crippen LogP contribution in [0.15, 0.2) is 60.8 Å². The maximum atomic E-state index is 12.2. The van der Waals surface area contributed by atoms with Crippen molar-refractivity contribution in [2.24, 2.45) is 0 Å². The highest BCUT2D eigenvalue weighted by Gasteiger charge is 2.13. The number of nitrogens with one attached hydrogen (secondary N) is 2. The first-order chi connectivity index (χ1) is 13.2. The Labute approximate surface area is 157 Å². The van der Waals surface area contributed by atoms with Crippen LogP contribution in [0.4, 0.5) is 17.2 Å². The van der Waals surface area contributed by atoms with E-state index in [-0.39, 0.29) is 12.7 Å². The van der Waals surface area contributed by atoms with E-state index in [1.807, 2.05) is 55.5 Å². The summed E-state index contributed by atoms with van der Waals surface area (Å²) in [5, 5.41) is 6.08. The second-order valence-corrected chi connectivity index (χ2v) is 6.28. The van der Waals surface area contributed by atoms with Gasteiger partial charge in [0.1, 0.15) is 5.82 Å². The minimum absolute atomic E-state index is 0.0896. The monoisotopic (exact) mass is 361 g/mol. The van der Waals surface area contributed by atoms with Crippen LogP contribution < -0.4 is 20.1 Å². The van der Waals surface area contributed by atoms with Gasteiger partial charge in [-0.1, -0.05) is 24.3 Å². The summed E-state index contributed by atoms with van der Waals surface area (Å²) < 4.78 is 10.7. The number of benzene rings is 2. The zero-order chi connectivity index (χ0) is 18.6. The molecule has 2 aromatic carbocycles. The Bertz CT molecular complexity index is 971. The van der Waals surface area contributed by atoms with E-state index in [1.54, 1.807) is 12.3 Å². The number of pyridine rings is 1. The van der Waals surface area contributed by atoms with Gasteiger partial charge in [-0.15, -0.1) is 0 Å². The van der Waals surface area contributed by atoms with E-state index in [1.165, 1.54) is 0 Å². The number of carbonyl (C=O) groups excluding carboxylic acids is 1. The minimum atomic E-state index is -0.0896. The Morgan fingerprint density at radius 3 is 2.67 bits per heavy atom. The van der Waals surface area contributed by atoms with Crippen LogP contribution in [0.2, 0.25) is 0 Å². The Morgan fingerprint density at radius 2 is 1.85 bits per heavy atom. The van der Waals surface area contributed by atoms with Gasteiger partial charge in [0.25, 0.3) is 0 Å². The van der Waals surface area contributed by atoms with Gasteiger partial charge >= 0.3 is 0 Å². The number of hydrogen-bond acceptors (Lipinski definition) is 5. The Morgan fingerprint density at radius 1 is 1.04 bits per heavy atom. The van der Waals surface area contributed by atoms with Crippen molar-refractivity contribution in [1.82, 2.24) is 4.98 Å². The van der Waals surface area contributed by atoms with Gasteiger partial charge in [0.15, 0.2) is 11.5 Å². The third kappa shape index (κ3) is 4.00. The van der Waals surface area contributed by atoms with Crippen molar-refractivity contribution in [3.05, 3.63) is 71.9 Å². The molecule has 3 aromatic rings. The first-order valence-corrected chi connectivity index (χ1v) is 8.64. The van der Waals surface area contributed by atoms with E-state index in [9.17, 15) is 4.79 Å². The number of rotatable bonds is 5. The van der Waals surface area contributed by atoms with Crippen LogP contribution in [0.1, 0.15) is 11.1 Å². The lowest BCUT2D eigenvalue weighted by Crippen LogP contribution is -2.15. The predicted molar refractivity (Wildman–Crippen MR) is 104 cm³/mol. The molecule has 136 valence electrons. The zero-order valence-electron chi connectivity index (χ0n) is 14.9. The first kappa shape index (κ1) is 16.9. The van der Waals surface area contributed by atoms with Crippen molar-refractivity contribution in [1.29, 1.82) is 0 Å². The number of nitrogens with zero attached hydrogens (tertiary/aromatic N) is 1. The zero-order valence-corrected chi connectivity index (χ0v) is 14.9. The van der Waals surface area contributed by atoms with Gasteiger partial charge in [-0.25, -0.2) is 4.98 Å². The van der Waals surface area contributed by atoms with Crippen LogP contribution in [0.5, 0.6) is 11.5 Å². The maximum Gasteiger partial charge on any atom is 0.231 e. The van der Waals surface area contributed by atoms with E-state index in [0.29, 0.717) is 18.0 Å². The molecule has 0 unspecified atom stereocenters.